The number of methoxy groups -OCH3 is 1. The van der Waals surface area contributed by atoms with Gasteiger partial charge in [-0.25, -0.2) is 0 Å². The number of fused-ring (bicyclic) bond motifs is 1. The number of ether oxygens (including phenoxy) is 1. The first-order valence-corrected chi connectivity index (χ1v) is 6.12. The molecule has 1 N–H and O–H groups in total. The van der Waals surface area contributed by atoms with Crippen molar-refractivity contribution in [1.82, 2.24) is 4.98 Å². The molecule has 0 bridgehead atoms. The lowest BCUT2D eigenvalue weighted by Crippen LogP contribution is -2.11. The molecule has 0 aliphatic heterocycles. The fourth-order valence-electron chi connectivity index (χ4n) is 1.73. The molecular weight excluding hydrogens is 271 g/mol. The highest BCUT2D eigenvalue weighted by atomic mass is 19.4. The van der Waals surface area contributed by atoms with Gasteiger partial charge in [-0.15, -0.1) is 0 Å². The van der Waals surface area contributed by atoms with E-state index in [1.807, 2.05) is 13.8 Å². The Balaban J connectivity index is 0.000000956. The van der Waals surface area contributed by atoms with Gasteiger partial charge in [0, 0.05) is 11.6 Å². The van der Waals surface area contributed by atoms with E-state index in [0.29, 0.717) is 16.5 Å². The number of halogens is 3. The molecule has 0 radical (unpaired) electrons. The summed E-state index contributed by atoms with van der Waals surface area (Å²) in [6.07, 6.45) is -4.50. The SMILES string of the molecule is CC.COc1cc2[nH]c(=O)c(C)cc2cc1C(F)(F)F. The zero-order valence-corrected chi connectivity index (χ0v) is 11.7. The Bertz CT molecular complexity index is 660. The average Bonchev–Trinajstić information content (AvgIpc) is 2.40. The number of H-pyrrole nitrogens is 1. The molecule has 1 aromatic heterocycles. The molecule has 3 nitrogen and oxygen atoms in total. The maximum absolute atomic E-state index is 12.8. The van der Waals surface area contributed by atoms with Crippen molar-refractivity contribution in [3.8, 4) is 5.75 Å². The van der Waals surface area contributed by atoms with Crippen molar-refractivity contribution in [2.75, 3.05) is 7.11 Å². The van der Waals surface area contributed by atoms with E-state index in [2.05, 4.69) is 4.98 Å². The van der Waals surface area contributed by atoms with E-state index < -0.39 is 11.7 Å². The van der Waals surface area contributed by atoms with E-state index in [0.717, 1.165) is 13.2 Å². The third kappa shape index (κ3) is 3.12. The van der Waals surface area contributed by atoms with Crippen LogP contribution < -0.4 is 10.3 Å². The van der Waals surface area contributed by atoms with Gasteiger partial charge in [-0.1, -0.05) is 13.8 Å². The molecular formula is C14H16F3NO2. The van der Waals surface area contributed by atoms with Gasteiger partial charge in [-0.2, -0.15) is 13.2 Å². The Morgan fingerprint density at radius 3 is 2.25 bits per heavy atom. The third-order valence-corrected chi connectivity index (χ3v) is 2.66. The molecule has 110 valence electrons. The predicted octanol–water partition coefficient (Wildman–Crippen LogP) is 3.89. The first-order valence-electron chi connectivity index (χ1n) is 6.12. The van der Waals surface area contributed by atoms with E-state index in [-0.39, 0.29) is 11.3 Å². The number of benzene rings is 1. The number of alkyl halides is 3. The number of aromatic amines is 1. The minimum atomic E-state index is -4.50. The van der Waals surface area contributed by atoms with Gasteiger partial charge in [-0.05, 0) is 24.4 Å². The molecule has 20 heavy (non-hydrogen) atoms. The van der Waals surface area contributed by atoms with Crippen molar-refractivity contribution < 1.29 is 17.9 Å². The molecule has 0 aliphatic carbocycles. The Labute approximate surface area is 114 Å². The van der Waals surface area contributed by atoms with Crippen LogP contribution in [0.3, 0.4) is 0 Å². The van der Waals surface area contributed by atoms with Crippen LogP contribution in [0.2, 0.25) is 0 Å². The maximum Gasteiger partial charge on any atom is 0.419 e. The summed E-state index contributed by atoms with van der Waals surface area (Å²) in [5, 5.41) is 0.320. The fourth-order valence-corrected chi connectivity index (χ4v) is 1.73. The zero-order chi connectivity index (χ0) is 15.5. The highest BCUT2D eigenvalue weighted by Crippen LogP contribution is 2.38. The van der Waals surface area contributed by atoms with Gasteiger partial charge in [0.2, 0.25) is 0 Å². The van der Waals surface area contributed by atoms with Gasteiger partial charge in [0.1, 0.15) is 5.75 Å². The van der Waals surface area contributed by atoms with E-state index in [1.54, 1.807) is 0 Å². The second-order valence-electron chi connectivity index (χ2n) is 3.92. The number of aryl methyl sites for hydroxylation is 1. The second kappa shape index (κ2) is 5.98. The minimum absolute atomic E-state index is 0.311. The lowest BCUT2D eigenvalue weighted by Gasteiger charge is -2.13. The Hall–Kier alpha value is -1.98. The quantitative estimate of drug-likeness (QED) is 0.864. The molecule has 0 saturated carbocycles. The summed E-state index contributed by atoms with van der Waals surface area (Å²) >= 11 is 0. The highest BCUT2D eigenvalue weighted by molar-refractivity contribution is 5.82. The smallest absolute Gasteiger partial charge is 0.419 e. The summed E-state index contributed by atoms with van der Waals surface area (Å²) in [4.78, 5) is 13.9. The van der Waals surface area contributed by atoms with E-state index >= 15 is 0 Å². The molecule has 1 aromatic carbocycles. The lowest BCUT2D eigenvalue weighted by molar-refractivity contribution is -0.138. The van der Waals surface area contributed by atoms with Gasteiger partial charge in [0.15, 0.2) is 0 Å². The van der Waals surface area contributed by atoms with E-state index in [4.69, 9.17) is 4.74 Å². The van der Waals surface area contributed by atoms with Crippen molar-refractivity contribution in [3.63, 3.8) is 0 Å². The van der Waals surface area contributed by atoms with Crippen LogP contribution in [-0.2, 0) is 6.18 Å². The topological polar surface area (TPSA) is 42.1 Å². The molecule has 0 amide bonds. The third-order valence-electron chi connectivity index (χ3n) is 2.66. The normalized spacial score (nSPS) is 10.9. The molecule has 0 saturated heterocycles. The van der Waals surface area contributed by atoms with Gasteiger partial charge in [0.25, 0.3) is 5.56 Å². The molecule has 6 heteroatoms. The van der Waals surface area contributed by atoms with E-state index in [9.17, 15) is 18.0 Å². The van der Waals surface area contributed by atoms with Gasteiger partial charge in [0.05, 0.1) is 18.2 Å². The predicted molar refractivity (Wildman–Crippen MR) is 72.2 cm³/mol. The Morgan fingerprint density at radius 2 is 1.75 bits per heavy atom. The monoisotopic (exact) mass is 287 g/mol. The lowest BCUT2D eigenvalue weighted by atomic mass is 10.1. The average molecular weight is 287 g/mol. The van der Waals surface area contributed by atoms with Crippen molar-refractivity contribution in [3.05, 3.63) is 39.7 Å². The maximum atomic E-state index is 12.8. The standard InChI is InChI=1S/C12H10F3NO2.C2H6/c1-6-3-7-4-8(12(13,14)15)10(18-2)5-9(7)16-11(6)17;1-2/h3-5H,1-2H3,(H,16,17);1-2H3. The summed E-state index contributed by atoms with van der Waals surface area (Å²) < 4.78 is 43.1. The molecule has 1 heterocycles. The summed E-state index contributed by atoms with van der Waals surface area (Å²) in [6, 6.07) is 3.57. The molecule has 0 spiro atoms. The van der Waals surface area contributed by atoms with Gasteiger partial charge < -0.3 is 9.72 Å². The number of aromatic nitrogens is 1. The molecule has 0 aliphatic rings. The number of pyridine rings is 1. The van der Waals surface area contributed by atoms with Crippen LogP contribution in [0.5, 0.6) is 5.75 Å². The second-order valence-corrected chi connectivity index (χ2v) is 3.92. The summed E-state index contributed by atoms with van der Waals surface area (Å²) in [5.74, 6) is -0.311. The van der Waals surface area contributed by atoms with Crippen LogP contribution >= 0.6 is 0 Å². The summed E-state index contributed by atoms with van der Waals surface area (Å²) in [6.45, 7) is 5.54. The molecule has 0 atom stereocenters. The van der Waals surface area contributed by atoms with Gasteiger partial charge >= 0.3 is 6.18 Å². The van der Waals surface area contributed by atoms with Crippen LogP contribution in [0.4, 0.5) is 13.2 Å². The molecule has 2 aromatic rings. The van der Waals surface area contributed by atoms with Crippen LogP contribution in [0, 0.1) is 6.92 Å². The highest BCUT2D eigenvalue weighted by Gasteiger charge is 2.34. The first-order chi connectivity index (χ1) is 9.32. The Morgan fingerprint density at radius 1 is 1.15 bits per heavy atom. The van der Waals surface area contributed by atoms with Crippen molar-refractivity contribution >= 4 is 10.9 Å². The largest absolute Gasteiger partial charge is 0.496 e. The van der Waals surface area contributed by atoms with Crippen molar-refractivity contribution in [2.24, 2.45) is 0 Å². The Kier molecular flexibility index (Phi) is 4.81. The fraction of sp³-hybridized carbons (Fsp3) is 0.357. The summed E-state index contributed by atoms with van der Waals surface area (Å²) in [5.41, 5.74) is -0.510. The number of hydrogen-bond donors (Lipinski definition) is 1. The van der Waals surface area contributed by atoms with Crippen LogP contribution in [-0.4, -0.2) is 12.1 Å². The van der Waals surface area contributed by atoms with Crippen molar-refractivity contribution in [2.45, 2.75) is 26.9 Å². The zero-order valence-electron chi connectivity index (χ0n) is 11.7. The first kappa shape index (κ1) is 16.1. The van der Waals surface area contributed by atoms with Crippen LogP contribution in [0.25, 0.3) is 10.9 Å². The van der Waals surface area contributed by atoms with Crippen LogP contribution in [0.1, 0.15) is 25.0 Å². The minimum Gasteiger partial charge on any atom is -0.496 e. The van der Waals surface area contributed by atoms with E-state index in [1.165, 1.54) is 19.1 Å². The molecule has 2 rings (SSSR count). The molecule has 0 fully saturated rings. The number of rotatable bonds is 1. The molecule has 0 unspecified atom stereocenters. The van der Waals surface area contributed by atoms with Crippen molar-refractivity contribution in [1.29, 1.82) is 0 Å². The number of hydrogen-bond acceptors (Lipinski definition) is 2. The number of nitrogens with one attached hydrogen (secondary N) is 1. The van der Waals surface area contributed by atoms with Crippen LogP contribution in [0.15, 0.2) is 23.0 Å². The van der Waals surface area contributed by atoms with Gasteiger partial charge in [-0.3, -0.25) is 4.79 Å². The summed E-state index contributed by atoms with van der Waals surface area (Å²) in [7, 11) is 1.16.